The molecule has 20 heteroatoms. The van der Waals surface area contributed by atoms with E-state index in [1.165, 1.54) is 23.9 Å². The Balaban J connectivity index is 0.981. The van der Waals surface area contributed by atoms with E-state index < -0.39 is 29.9 Å². The highest BCUT2D eigenvalue weighted by Crippen LogP contribution is 2.37. The van der Waals surface area contributed by atoms with E-state index in [9.17, 15) is 42.6 Å². The number of piperidine rings is 1. The van der Waals surface area contributed by atoms with Crippen LogP contribution in [0.2, 0.25) is 0 Å². The topological polar surface area (TPSA) is 218 Å². The summed E-state index contributed by atoms with van der Waals surface area (Å²) in [6.45, 7) is 7.11. The third kappa shape index (κ3) is 9.01. The summed E-state index contributed by atoms with van der Waals surface area (Å²) in [6, 6.07) is 9.50. The predicted molar refractivity (Wildman–Crippen MR) is 216 cm³/mol. The van der Waals surface area contributed by atoms with Crippen LogP contribution < -0.4 is 11.1 Å². The van der Waals surface area contributed by atoms with Gasteiger partial charge < -0.3 is 45.1 Å². The van der Waals surface area contributed by atoms with Crippen molar-refractivity contribution in [1.82, 2.24) is 39.1 Å². The molecule has 4 aromatic heterocycles. The van der Waals surface area contributed by atoms with Crippen LogP contribution in [0.3, 0.4) is 0 Å². The summed E-state index contributed by atoms with van der Waals surface area (Å²) in [5.74, 6) is -2.01. The van der Waals surface area contributed by atoms with Crippen molar-refractivity contribution in [2.45, 2.75) is 45.4 Å². The Morgan fingerprint density at radius 2 is 1.75 bits per heavy atom. The van der Waals surface area contributed by atoms with Crippen molar-refractivity contribution < 1.29 is 47.0 Å². The average Bonchev–Trinajstić information content (AvgIpc) is 3.96. The van der Waals surface area contributed by atoms with E-state index in [2.05, 4.69) is 25.4 Å². The molecule has 1 atom stereocenters. The van der Waals surface area contributed by atoms with E-state index in [0.717, 1.165) is 17.3 Å². The summed E-state index contributed by atoms with van der Waals surface area (Å²) in [5, 5.41) is 25.9. The van der Waals surface area contributed by atoms with Gasteiger partial charge in [0.2, 0.25) is 5.91 Å². The molecular formula is C41H49F3N11O6+. The van der Waals surface area contributed by atoms with Crippen LogP contribution in [0.25, 0.3) is 28.1 Å². The van der Waals surface area contributed by atoms with Crippen molar-refractivity contribution in [1.29, 1.82) is 0 Å². The molecular weight excluding hydrogens is 800 g/mol. The van der Waals surface area contributed by atoms with E-state index in [1.54, 1.807) is 54.0 Å². The molecule has 6 heterocycles. The number of aromatic nitrogens is 6. The highest BCUT2D eigenvalue weighted by molar-refractivity contribution is 6.03. The molecule has 7 rings (SSSR count). The molecule has 0 unspecified atom stereocenters. The van der Waals surface area contributed by atoms with Crippen LogP contribution in [0.15, 0.2) is 48.8 Å². The van der Waals surface area contributed by atoms with Gasteiger partial charge in [0.15, 0.2) is 23.9 Å². The van der Waals surface area contributed by atoms with Crippen LogP contribution in [0.5, 0.6) is 0 Å². The first-order valence-corrected chi connectivity index (χ1v) is 20.1. The van der Waals surface area contributed by atoms with Crippen molar-refractivity contribution in [2.75, 3.05) is 64.2 Å². The number of fused-ring (bicyclic) bond motifs is 1. The minimum atomic E-state index is -4.86. The molecule has 1 aromatic carbocycles. The largest absolute Gasteiger partial charge is 0.477 e. The molecule has 3 amide bonds. The number of hydrogen-bond acceptors (Lipinski definition) is 9. The van der Waals surface area contributed by atoms with Gasteiger partial charge in [-0.1, -0.05) is 0 Å². The molecule has 0 aliphatic carbocycles. The highest BCUT2D eigenvalue weighted by Gasteiger charge is 2.41. The lowest BCUT2D eigenvalue weighted by atomic mass is 9.92. The number of quaternary nitrogens is 1. The maximum atomic E-state index is 14.3. The molecule has 0 spiro atoms. The second-order valence-electron chi connectivity index (χ2n) is 15.9. The molecule has 17 nitrogen and oxygen atoms in total. The fraction of sp³-hybridized carbons (Fsp3) is 0.439. The quantitative estimate of drug-likeness (QED) is 0.115. The lowest BCUT2D eigenvalue weighted by molar-refractivity contribution is -0.926. The van der Waals surface area contributed by atoms with Crippen molar-refractivity contribution in [3.63, 3.8) is 0 Å². The van der Waals surface area contributed by atoms with Crippen LogP contribution in [0.4, 0.5) is 18.9 Å². The zero-order chi connectivity index (χ0) is 43.8. The lowest BCUT2D eigenvalue weighted by Gasteiger charge is -2.44. The van der Waals surface area contributed by atoms with E-state index in [-0.39, 0.29) is 47.2 Å². The van der Waals surface area contributed by atoms with Crippen molar-refractivity contribution >= 4 is 40.4 Å². The fourth-order valence-electron chi connectivity index (χ4n) is 8.39. The molecule has 0 bridgehead atoms. The number of benzene rings is 1. The molecule has 2 fully saturated rings. The van der Waals surface area contributed by atoms with Gasteiger partial charge >= 0.3 is 12.1 Å². The Labute approximate surface area is 348 Å². The predicted octanol–water partition coefficient (Wildman–Crippen LogP) is 3.73. The van der Waals surface area contributed by atoms with Crippen LogP contribution in [-0.2, 0) is 22.8 Å². The first kappa shape index (κ1) is 43.0. The number of imidazole rings is 1. The summed E-state index contributed by atoms with van der Waals surface area (Å²) in [7, 11) is 1.42. The summed E-state index contributed by atoms with van der Waals surface area (Å²) in [4.78, 5) is 67.1. The van der Waals surface area contributed by atoms with Gasteiger partial charge in [-0.2, -0.15) is 18.3 Å². The lowest BCUT2D eigenvalue weighted by Crippen LogP contribution is -2.58. The first-order valence-electron chi connectivity index (χ1n) is 20.1. The number of nitrogens with one attached hydrogen (secondary N) is 2. The van der Waals surface area contributed by atoms with Gasteiger partial charge in [-0.3, -0.25) is 14.4 Å². The number of pyridine rings is 1. The Morgan fingerprint density at radius 1 is 1.05 bits per heavy atom. The minimum absolute atomic E-state index is 0.0177. The number of nitrogens with zero attached hydrogens (tertiary/aromatic N) is 8. The van der Waals surface area contributed by atoms with E-state index in [4.69, 9.17) is 5.73 Å². The number of carboxylic acid groups (broad SMARTS) is 1. The number of halogens is 3. The number of amides is 3. The monoisotopic (exact) mass is 848 g/mol. The van der Waals surface area contributed by atoms with Gasteiger partial charge in [-0.25, -0.2) is 19.4 Å². The van der Waals surface area contributed by atoms with Gasteiger partial charge in [0.25, 0.3) is 11.8 Å². The van der Waals surface area contributed by atoms with E-state index >= 15 is 0 Å². The molecule has 6 N–H and O–H groups in total. The highest BCUT2D eigenvalue weighted by atomic mass is 19.4. The summed E-state index contributed by atoms with van der Waals surface area (Å²) in [5.41, 5.74) is 7.01. The zero-order valence-electron chi connectivity index (χ0n) is 34.1. The number of carboxylic acids is 1. The van der Waals surface area contributed by atoms with E-state index in [1.807, 2.05) is 0 Å². The third-order valence-corrected chi connectivity index (χ3v) is 11.8. The number of anilines is 1. The molecule has 2 aliphatic heterocycles. The minimum Gasteiger partial charge on any atom is -0.477 e. The maximum absolute atomic E-state index is 14.3. The number of aliphatic hydroxyl groups is 1. The normalized spacial score (nSPS) is 19.0. The van der Waals surface area contributed by atoms with E-state index in [0.29, 0.717) is 103 Å². The molecule has 61 heavy (non-hydrogen) atoms. The number of hydrogen-bond donors (Lipinski definition) is 5. The second kappa shape index (κ2) is 17.1. The fourth-order valence-corrected chi connectivity index (χ4v) is 8.39. The first-order chi connectivity index (χ1) is 29.0. The zero-order valence-corrected chi connectivity index (χ0v) is 34.1. The number of aliphatic carboxylic acids is 1. The molecule has 0 radical (unpaired) electrons. The molecule has 324 valence electrons. The molecule has 5 aromatic rings. The number of H-pyrrole nitrogens is 1. The van der Waals surface area contributed by atoms with Crippen LogP contribution in [0.1, 0.15) is 70.2 Å². The summed E-state index contributed by atoms with van der Waals surface area (Å²) in [6.07, 6.45) is -1.40. The summed E-state index contributed by atoms with van der Waals surface area (Å²) >= 11 is 0. The van der Waals surface area contributed by atoms with Crippen LogP contribution >= 0.6 is 0 Å². The average molecular weight is 849 g/mol. The number of aryl methyl sites for hydroxylation is 1. The Kier molecular flexibility index (Phi) is 12.0. The number of likely N-dealkylation sites (tertiary alicyclic amines) is 1. The van der Waals surface area contributed by atoms with Gasteiger partial charge in [0, 0.05) is 81.5 Å². The SMILES string of the molecule is Cc1cc(NC(=O)c2ncc(-c3cn(-c4ccc5[nH]c([C@H](C)O)cc5n4)nc3C(F)(F)F)n2C)ccc1C(=O)N1CCN(C(=O)C2CC[N+](CCCN)(CC(=O)O)CC2)CC1. The molecule has 2 saturated heterocycles. The van der Waals surface area contributed by atoms with Crippen molar-refractivity contribution in [3.8, 4) is 17.1 Å². The molecule has 2 aliphatic rings. The molecule has 0 saturated carbocycles. The summed E-state index contributed by atoms with van der Waals surface area (Å²) < 4.78 is 45.7. The Bertz CT molecular complexity index is 2460. The second-order valence-corrected chi connectivity index (χ2v) is 15.9. The number of carbonyl (C=O) groups is 4. The van der Waals surface area contributed by atoms with Crippen LogP contribution in [0, 0.1) is 12.8 Å². The van der Waals surface area contributed by atoms with Crippen molar-refractivity contribution in [2.24, 2.45) is 18.7 Å². The third-order valence-electron chi connectivity index (χ3n) is 11.8. The van der Waals surface area contributed by atoms with Crippen LogP contribution in [-0.4, -0.2) is 136 Å². The number of aliphatic hydroxyl groups excluding tert-OH is 1. The van der Waals surface area contributed by atoms with Gasteiger partial charge in [-0.15, -0.1) is 0 Å². The van der Waals surface area contributed by atoms with Gasteiger partial charge in [0.05, 0.1) is 54.2 Å². The van der Waals surface area contributed by atoms with Crippen molar-refractivity contribution in [3.05, 3.63) is 77.1 Å². The number of alkyl halides is 3. The number of carbonyl (C=O) groups excluding carboxylic acids is 3. The van der Waals surface area contributed by atoms with Gasteiger partial charge in [-0.05, 0) is 62.4 Å². The number of piperazine rings is 1. The Hall–Kier alpha value is -6.12. The van der Waals surface area contributed by atoms with Gasteiger partial charge in [0.1, 0.15) is 0 Å². The number of rotatable bonds is 12. The number of aromatic amines is 1. The standard InChI is InChI=1S/C41H48F3N11O6/c1-24-19-27(5-6-28(24)40(61)53-14-12-52(13-15-53)39(60)26-9-17-55(18-10-26,16-4-11-45)23-35(57)58)47-38(59)37-46-21-33(51(37)3)29-22-54(50-36(29)41(42,43)44)34-8-7-30-32(49-34)20-31(48-30)25(2)56/h5-8,19-22,25-26,56H,4,9-18,23,45H2,1-3H3,(H2-,47,48,49,57,58,59,61)/p+1/t25-,26?,55?/m0/s1. The Morgan fingerprint density at radius 3 is 2.39 bits per heavy atom. The maximum Gasteiger partial charge on any atom is 0.435 e. The smallest absolute Gasteiger partial charge is 0.435 e. The number of nitrogens with two attached hydrogens (primary N) is 1.